The van der Waals surface area contributed by atoms with Crippen molar-refractivity contribution in [2.75, 3.05) is 0 Å². The van der Waals surface area contributed by atoms with Crippen LogP contribution in [0.3, 0.4) is 0 Å². The molecule has 2 aliphatic carbocycles. The molecule has 5 nitrogen and oxygen atoms in total. The maximum atomic E-state index is 12.8. The minimum Gasteiger partial charge on any atom is -0.480 e. The van der Waals surface area contributed by atoms with Gasteiger partial charge in [0.2, 0.25) is 0 Å². The van der Waals surface area contributed by atoms with Crippen molar-refractivity contribution in [3.8, 4) is 0 Å². The number of nitrogens with zero attached hydrogens (tertiary/aromatic N) is 1. The van der Waals surface area contributed by atoms with Gasteiger partial charge in [-0.2, -0.15) is 0 Å². The number of carbonyl (C=O) groups excluding carboxylic acids is 1. The summed E-state index contributed by atoms with van der Waals surface area (Å²) in [5.41, 5.74) is 3.36. The van der Waals surface area contributed by atoms with Crippen LogP contribution in [0.5, 0.6) is 0 Å². The molecule has 2 saturated carbocycles. The molecule has 2 N–H and O–H groups in total. The third-order valence-corrected chi connectivity index (χ3v) is 5.02. The first-order valence-electron chi connectivity index (χ1n) is 8.37. The van der Waals surface area contributed by atoms with Crippen molar-refractivity contribution in [2.45, 2.75) is 51.0 Å². The zero-order chi connectivity index (χ0) is 17.1. The zero-order valence-corrected chi connectivity index (χ0v) is 13.8. The highest BCUT2D eigenvalue weighted by atomic mass is 16.4. The summed E-state index contributed by atoms with van der Waals surface area (Å²) >= 11 is 0. The Hall–Kier alpha value is -2.43. The summed E-state index contributed by atoms with van der Waals surface area (Å²) in [4.78, 5) is 29.0. The molecule has 1 heterocycles. The van der Waals surface area contributed by atoms with E-state index in [0.717, 1.165) is 40.6 Å². The van der Waals surface area contributed by atoms with Gasteiger partial charge in [-0.05, 0) is 57.2 Å². The highest BCUT2D eigenvalue weighted by Gasteiger charge is 2.51. The van der Waals surface area contributed by atoms with E-state index in [4.69, 9.17) is 4.98 Å². The van der Waals surface area contributed by atoms with Crippen molar-refractivity contribution < 1.29 is 14.7 Å². The van der Waals surface area contributed by atoms with Crippen LogP contribution in [-0.4, -0.2) is 27.5 Å². The van der Waals surface area contributed by atoms with Crippen LogP contribution in [0.15, 0.2) is 18.2 Å². The Balaban J connectivity index is 1.83. The smallest absolute Gasteiger partial charge is 0.329 e. The molecule has 0 atom stereocenters. The molecular formula is C19H20N2O3. The molecule has 1 aromatic carbocycles. The number of carboxylic acids is 1. The molecule has 4 rings (SSSR count). The Morgan fingerprint density at radius 1 is 1.21 bits per heavy atom. The number of rotatable bonds is 4. The van der Waals surface area contributed by atoms with Gasteiger partial charge in [-0.1, -0.05) is 11.6 Å². The predicted octanol–water partition coefficient (Wildman–Crippen LogP) is 3.08. The molecule has 2 fully saturated rings. The van der Waals surface area contributed by atoms with Crippen LogP contribution in [0, 0.1) is 13.8 Å². The van der Waals surface area contributed by atoms with E-state index >= 15 is 0 Å². The lowest BCUT2D eigenvalue weighted by Crippen LogP contribution is -2.43. The van der Waals surface area contributed by atoms with Crippen LogP contribution in [-0.2, 0) is 4.79 Å². The topological polar surface area (TPSA) is 79.3 Å². The Morgan fingerprint density at radius 2 is 1.92 bits per heavy atom. The van der Waals surface area contributed by atoms with Crippen LogP contribution in [0.2, 0.25) is 0 Å². The van der Waals surface area contributed by atoms with E-state index in [0.29, 0.717) is 24.3 Å². The standard InChI is InChI=1S/C19H20N2O3/c1-10-7-11(2)16-13(8-10)14(9-15(20-16)12-3-4-12)17(22)21-19(5-6-19)18(23)24/h7-9,12H,3-6H2,1-2H3,(H,21,22)(H,23,24). The molecule has 0 saturated heterocycles. The molecule has 1 aromatic heterocycles. The Kier molecular flexibility index (Phi) is 3.17. The van der Waals surface area contributed by atoms with Gasteiger partial charge in [-0.15, -0.1) is 0 Å². The molecule has 2 aromatic rings. The Labute approximate surface area is 140 Å². The fourth-order valence-corrected chi connectivity index (χ4v) is 3.28. The molecule has 0 spiro atoms. The third-order valence-electron chi connectivity index (χ3n) is 5.02. The van der Waals surface area contributed by atoms with E-state index in [9.17, 15) is 14.7 Å². The average molecular weight is 324 g/mol. The monoisotopic (exact) mass is 324 g/mol. The highest BCUT2D eigenvalue weighted by molar-refractivity contribution is 6.08. The quantitative estimate of drug-likeness (QED) is 0.906. The number of fused-ring (bicyclic) bond motifs is 1. The van der Waals surface area contributed by atoms with Crippen molar-refractivity contribution in [1.29, 1.82) is 0 Å². The number of carboxylic acid groups (broad SMARTS) is 1. The first kappa shape index (κ1) is 15.1. The molecule has 0 radical (unpaired) electrons. The normalized spacial score (nSPS) is 18.4. The van der Waals surface area contributed by atoms with Gasteiger partial charge in [0.05, 0.1) is 11.1 Å². The van der Waals surface area contributed by atoms with Crippen molar-refractivity contribution in [3.63, 3.8) is 0 Å². The Morgan fingerprint density at radius 3 is 2.50 bits per heavy atom. The maximum Gasteiger partial charge on any atom is 0.329 e. The Bertz CT molecular complexity index is 880. The minimum atomic E-state index is -1.08. The lowest BCUT2D eigenvalue weighted by atomic mass is 10.00. The predicted molar refractivity (Wildman–Crippen MR) is 90.3 cm³/mol. The van der Waals surface area contributed by atoms with Gasteiger partial charge in [0, 0.05) is 17.0 Å². The van der Waals surface area contributed by atoms with E-state index in [1.165, 1.54) is 0 Å². The summed E-state index contributed by atoms with van der Waals surface area (Å²) < 4.78 is 0. The molecule has 5 heteroatoms. The summed E-state index contributed by atoms with van der Waals surface area (Å²) in [5.74, 6) is -0.839. The molecule has 124 valence electrons. The average Bonchev–Trinajstić information content (AvgIpc) is 3.40. The summed E-state index contributed by atoms with van der Waals surface area (Å²) in [5, 5.41) is 12.9. The van der Waals surface area contributed by atoms with Crippen molar-refractivity contribution >= 4 is 22.8 Å². The SMILES string of the molecule is Cc1cc(C)c2nc(C3CC3)cc(C(=O)NC3(C(=O)O)CC3)c2c1. The fourth-order valence-electron chi connectivity index (χ4n) is 3.28. The number of pyridine rings is 1. The van der Waals surface area contributed by atoms with E-state index in [1.54, 1.807) is 0 Å². The molecule has 0 aliphatic heterocycles. The molecule has 1 amide bonds. The fraction of sp³-hybridized carbons (Fsp3) is 0.421. The number of amides is 1. The summed E-state index contributed by atoms with van der Waals surface area (Å²) in [7, 11) is 0. The first-order valence-corrected chi connectivity index (χ1v) is 8.37. The number of hydrogen-bond donors (Lipinski definition) is 2. The van der Waals surface area contributed by atoms with Crippen LogP contribution >= 0.6 is 0 Å². The second-order valence-electron chi connectivity index (χ2n) is 7.19. The number of aliphatic carboxylic acids is 1. The number of hydrogen-bond acceptors (Lipinski definition) is 3. The van der Waals surface area contributed by atoms with Gasteiger partial charge >= 0.3 is 5.97 Å². The lowest BCUT2D eigenvalue weighted by molar-refractivity contribution is -0.140. The zero-order valence-electron chi connectivity index (χ0n) is 13.8. The molecule has 0 bridgehead atoms. The van der Waals surface area contributed by atoms with Gasteiger partial charge in [-0.25, -0.2) is 4.79 Å². The number of aryl methyl sites for hydroxylation is 2. The summed E-state index contributed by atoms with van der Waals surface area (Å²) in [6.07, 6.45) is 3.18. The second-order valence-corrected chi connectivity index (χ2v) is 7.19. The van der Waals surface area contributed by atoms with Gasteiger partial charge < -0.3 is 10.4 Å². The van der Waals surface area contributed by atoms with E-state index in [-0.39, 0.29) is 5.91 Å². The lowest BCUT2D eigenvalue weighted by Gasteiger charge is -2.15. The van der Waals surface area contributed by atoms with E-state index in [2.05, 4.69) is 11.4 Å². The van der Waals surface area contributed by atoms with Gasteiger partial charge in [0.15, 0.2) is 0 Å². The van der Waals surface area contributed by atoms with Gasteiger partial charge in [-0.3, -0.25) is 9.78 Å². The summed E-state index contributed by atoms with van der Waals surface area (Å²) in [6.45, 7) is 3.99. The minimum absolute atomic E-state index is 0.311. The van der Waals surface area contributed by atoms with Crippen molar-refractivity contribution in [2.24, 2.45) is 0 Å². The molecule has 24 heavy (non-hydrogen) atoms. The van der Waals surface area contributed by atoms with Crippen molar-refractivity contribution in [1.82, 2.24) is 10.3 Å². The summed E-state index contributed by atoms with van der Waals surface area (Å²) in [6, 6.07) is 5.88. The number of carbonyl (C=O) groups is 2. The first-order chi connectivity index (χ1) is 11.4. The molecule has 2 aliphatic rings. The van der Waals surface area contributed by atoms with Crippen LogP contribution in [0.4, 0.5) is 0 Å². The molecular weight excluding hydrogens is 304 g/mol. The highest BCUT2D eigenvalue weighted by Crippen LogP contribution is 2.41. The van der Waals surface area contributed by atoms with Crippen LogP contribution in [0.25, 0.3) is 10.9 Å². The largest absolute Gasteiger partial charge is 0.480 e. The van der Waals surface area contributed by atoms with Gasteiger partial charge in [0.1, 0.15) is 5.54 Å². The van der Waals surface area contributed by atoms with E-state index in [1.807, 2.05) is 26.0 Å². The molecule has 0 unspecified atom stereocenters. The number of aromatic nitrogens is 1. The number of nitrogens with one attached hydrogen (secondary N) is 1. The van der Waals surface area contributed by atoms with Crippen LogP contribution in [0.1, 0.15) is 58.8 Å². The van der Waals surface area contributed by atoms with Crippen molar-refractivity contribution in [3.05, 3.63) is 40.6 Å². The number of benzene rings is 1. The van der Waals surface area contributed by atoms with E-state index < -0.39 is 11.5 Å². The third kappa shape index (κ3) is 2.44. The maximum absolute atomic E-state index is 12.8. The second kappa shape index (κ2) is 5.03. The van der Waals surface area contributed by atoms with Gasteiger partial charge in [0.25, 0.3) is 5.91 Å². The van der Waals surface area contributed by atoms with Crippen LogP contribution < -0.4 is 5.32 Å².